The molecule has 1 aromatic heterocycles. The van der Waals surface area contributed by atoms with Gasteiger partial charge < -0.3 is 5.32 Å². The van der Waals surface area contributed by atoms with Gasteiger partial charge in [0.25, 0.3) is 0 Å². The van der Waals surface area contributed by atoms with Crippen LogP contribution in [0, 0.1) is 5.92 Å². The summed E-state index contributed by atoms with van der Waals surface area (Å²) in [5, 5.41) is 5.89. The van der Waals surface area contributed by atoms with Gasteiger partial charge in [-0.2, -0.15) is 11.8 Å². The summed E-state index contributed by atoms with van der Waals surface area (Å²) in [6.45, 7) is 5.76. The zero-order valence-electron chi connectivity index (χ0n) is 11.9. The molecule has 1 atom stereocenters. The molecule has 0 spiro atoms. The summed E-state index contributed by atoms with van der Waals surface area (Å²) in [7, 11) is 0. The Kier molecular flexibility index (Phi) is 8.82. The Balaban J connectivity index is 2.15. The van der Waals surface area contributed by atoms with E-state index in [9.17, 15) is 0 Å². The molecule has 1 N–H and O–H groups in total. The molecule has 0 aromatic carbocycles. The molecule has 1 aromatic rings. The molecule has 0 aliphatic heterocycles. The second kappa shape index (κ2) is 9.88. The minimum absolute atomic E-state index is 0.538. The Morgan fingerprint density at radius 1 is 1.22 bits per heavy atom. The summed E-state index contributed by atoms with van der Waals surface area (Å²) in [6.07, 6.45) is 7.62. The molecule has 0 aliphatic rings. The molecular formula is C15H27NS2. The fraction of sp³-hybridized carbons (Fsp3) is 0.733. The highest BCUT2D eigenvalue weighted by Crippen LogP contribution is 2.25. The predicted octanol–water partition coefficient (Wildman–Crippen LogP) is 4.96. The van der Waals surface area contributed by atoms with Crippen molar-refractivity contribution in [3.63, 3.8) is 0 Å². The minimum atomic E-state index is 0.538. The van der Waals surface area contributed by atoms with Crippen LogP contribution in [0.15, 0.2) is 17.5 Å². The van der Waals surface area contributed by atoms with Crippen molar-refractivity contribution in [2.24, 2.45) is 5.92 Å². The van der Waals surface area contributed by atoms with E-state index in [0.29, 0.717) is 12.0 Å². The minimum Gasteiger partial charge on any atom is -0.309 e. The average molecular weight is 286 g/mol. The zero-order valence-corrected chi connectivity index (χ0v) is 13.6. The fourth-order valence-electron chi connectivity index (χ4n) is 2.12. The smallest absolute Gasteiger partial charge is 0.0438 e. The van der Waals surface area contributed by atoms with Crippen LogP contribution in [0.25, 0.3) is 0 Å². The maximum absolute atomic E-state index is 3.72. The molecule has 0 saturated heterocycles. The Morgan fingerprint density at radius 2 is 2.00 bits per heavy atom. The summed E-state index contributed by atoms with van der Waals surface area (Å²) in [4.78, 5) is 1.48. The molecule has 0 fully saturated rings. The van der Waals surface area contributed by atoms with Crippen LogP contribution in [0.4, 0.5) is 0 Å². The molecule has 3 heteroatoms. The molecule has 0 aliphatic carbocycles. The van der Waals surface area contributed by atoms with E-state index >= 15 is 0 Å². The van der Waals surface area contributed by atoms with Crippen molar-refractivity contribution < 1.29 is 0 Å². The quantitative estimate of drug-likeness (QED) is 0.610. The third kappa shape index (κ3) is 6.26. The highest BCUT2D eigenvalue weighted by atomic mass is 32.2. The second-order valence-corrected chi connectivity index (χ2v) is 7.06. The van der Waals surface area contributed by atoms with Crippen LogP contribution in [0.5, 0.6) is 0 Å². The van der Waals surface area contributed by atoms with Crippen LogP contribution in [0.1, 0.15) is 50.4 Å². The molecule has 1 unspecified atom stereocenters. The van der Waals surface area contributed by atoms with Gasteiger partial charge in [-0.05, 0) is 48.8 Å². The molecule has 0 radical (unpaired) electrons. The van der Waals surface area contributed by atoms with Gasteiger partial charge in [0.05, 0.1) is 0 Å². The highest BCUT2D eigenvalue weighted by molar-refractivity contribution is 7.98. The zero-order chi connectivity index (χ0) is 13.2. The first-order valence-electron chi connectivity index (χ1n) is 7.01. The van der Waals surface area contributed by atoms with E-state index in [4.69, 9.17) is 0 Å². The van der Waals surface area contributed by atoms with Crippen LogP contribution in [-0.4, -0.2) is 18.6 Å². The molecule has 1 heterocycles. The van der Waals surface area contributed by atoms with Gasteiger partial charge in [-0.15, -0.1) is 11.3 Å². The van der Waals surface area contributed by atoms with Crippen LogP contribution in [0.2, 0.25) is 0 Å². The maximum atomic E-state index is 3.72. The summed E-state index contributed by atoms with van der Waals surface area (Å²) in [5.74, 6) is 1.98. The van der Waals surface area contributed by atoms with E-state index in [1.165, 1.54) is 36.3 Å². The van der Waals surface area contributed by atoms with Crippen molar-refractivity contribution in [3.8, 4) is 0 Å². The molecule has 104 valence electrons. The van der Waals surface area contributed by atoms with Crippen LogP contribution in [-0.2, 0) is 0 Å². The van der Waals surface area contributed by atoms with Crippen molar-refractivity contribution >= 4 is 23.1 Å². The maximum Gasteiger partial charge on any atom is 0.0438 e. The van der Waals surface area contributed by atoms with Gasteiger partial charge in [-0.1, -0.05) is 32.8 Å². The first kappa shape index (κ1) is 16.1. The first-order chi connectivity index (χ1) is 8.75. The SMILES string of the molecule is CSCCCCCCNC(c1cccs1)C(C)C. The topological polar surface area (TPSA) is 12.0 Å². The van der Waals surface area contributed by atoms with Gasteiger partial charge in [0.15, 0.2) is 0 Å². The van der Waals surface area contributed by atoms with E-state index in [1.54, 1.807) is 0 Å². The fourth-order valence-corrected chi connectivity index (χ4v) is 3.58. The Bertz CT molecular complexity index is 283. The largest absolute Gasteiger partial charge is 0.309 e. The molecule has 18 heavy (non-hydrogen) atoms. The number of thiophene rings is 1. The van der Waals surface area contributed by atoms with E-state index in [1.807, 2.05) is 23.1 Å². The van der Waals surface area contributed by atoms with E-state index < -0.39 is 0 Å². The van der Waals surface area contributed by atoms with E-state index in [-0.39, 0.29) is 0 Å². The van der Waals surface area contributed by atoms with Gasteiger partial charge in [0.2, 0.25) is 0 Å². The third-order valence-electron chi connectivity index (χ3n) is 3.16. The lowest BCUT2D eigenvalue weighted by Gasteiger charge is -2.21. The summed E-state index contributed by atoms with van der Waals surface area (Å²) < 4.78 is 0. The molecule has 0 saturated carbocycles. The van der Waals surface area contributed by atoms with Gasteiger partial charge in [-0.25, -0.2) is 0 Å². The lowest BCUT2D eigenvalue weighted by atomic mass is 10.0. The summed E-state index contributed by atoms with van der Waals surface area (Å²) in [5.41, 5.74) is 0. The van der Waals surface area contributed by atoms with Crippen molar-refractivity contribution in [1.82, 2.24) is 5.32 Å². The monoisotopic (exact) mass is 285 g/mol. The number of unbranched alkanes of at least 4 members (excludes halogenated alkanes) is 3. The van der Waals surface area contributed by atoms with Gasteiger partial charge in [0.1, 0.15) is 0 Å². The predicted molar refractivity (Wildman–Crippen MR) is 86.8 cm³/mol. The lowest BCUT2D eigenvalue weighted by molar-refractivity contribution is 0.411. The highest BCUT2D eigenvalue weighted by Gasteiger charge is 2.15. The number of hydrogen-bond donors (Lipinski definition) is 1. The van der Waals surface area contributed by atoms with E-state index in [2.05, 4.69) is 42.9 Å². The van der Waals surface area contributed by atoms with E-state index in [0.717, 1.165) is 6.54 Å². The standard InChI is InChI=1S/C15H27NS2/c1-13(2)15(14-9-8-12-18-14)16-10-6-4-5-7-11-17-3/h8-9,12-13,15-16H,4-7,10-11H2,1-3H3. The molecular weight excluding hydrogens is 258 g/mol. The second-order valence-electron chi connectivity index (χ2n) is 5.10. The molecule has 0 bridgehead atoms. The molecule has 1 rings (SSSR count). The van der Waals surface area contributed by atoms with Crippen molar-refractivity contribution in [1.29, 1.82) is 0 Å². The average Bonchev–Trinajstić information content (AvgIpc) is 2.85. The van der Waals surface area contributed by atoms with Crippen LogP contribution < -0.4 is 5.32 Å². The number of rotatable bonds is 10. The summed E-state index contributed by atoms with van der Waals surface area (Å²) >= 11 is 3.83. The number of hydrogen-bond acceptors (Lipinski definition) is 3. The van der Waals surface area contributed by atoms with Crippen LogP contribution >= 0.6 is 23.1 Å². The molecule has 1 nitrogen and oxygen atoms in total. The Morgan fingerprint density at radius 3 is 2.61 bits per heavy atom. The number of nitrogens with one attached hydrogen (secondary N) is 1. The number of thioether (sulfide) groups is 1. The van der Waals surface area contributed by atoms with Crippen LogP contribution in [0.3, 0.4) is 0 Å². The van der Waals surface area contributed by atoms with Gasteiger partial charge in [0, 0.05) is 10.9 Å². The normalized spacial score (nSPS) is 13.1. The van der Waals surface area contributed by atoms with Gasteiger partial charge in [-0.3, -0.25) is 0 Å². The molecule has 0 amide bonds. The van der Waals surface area contributed by atoms with Crippen molar-refractivity contribution in [2.75, 3.05) is 18.6 Å². The third-order valence-corrected chi connectivity index (χ3v) is 4.81. The summed E-state index contributed by atoms with van der Waals surface area (Å²) in [6, 6.07) is 4.94. The Labute approximate surface area is 121 Å². The lowest BCUT2D eigenvalue weighted by Crippen LogP contribution is -2.25. The van der Waals surface area contributed by atoms with Gasteiger partial charge >= 0.3 is 0 Å². The van der Waals surface area contributed by atoms with Crippen molar-refractivity contribution in [2.45, 2.75) is 45.6 Å². The first-order valence-corrected chi connectivity index (χ1v) is 9.28. The van der Waals surface area contributed by atoms with Crippen molar-refractivity contribution in [3.05, 3.63) is 22.4 Å². The Hall–Kier alpha value is 0.01000.